The summed E-state index contributed by atoms with van der Waals surface area (Å²) in [6.45, 7) is 5.14. The van der Waals surface area contributed by atoms with Gasteiger partial charge in [0.1, 0.15) is 5.75 Å². The van der Waals surface area contributed by atoms with Crippen molar-refractivity contribution in [2.75, 3.05) is 13.2 Å². The first-order valence-electron chi connectivity index (χ1n) is 7.96. The summed E-state index contributed by atoms with van der Waals surface area (Å²) in [7, 11) is 0. The summed E-state index contributed by atoms with van der Waals surface area (Å²) in [5.41, 5.74) is 0. The zero-order valence-electron chi connectivity index (χ0n) is 13.0. The molecular formula is C18H25FO2. The Balaban J connectivity index is 1.83. The number of ether oxygens (including phenoxy) is 2. The molecule has 0 N–H and O–H groups in total. The van der Waals surface area contributed by atoms with Crippen molar-refractivity contribution in [2.45, 2.75) is 39.5 Å². The first kappa shape index (κ1) is 15.9. The molecule has 2 unspecified atom stereocenters. The molecule has 0 spiro atoms. The fraction of sp³-hybridized carbons (Fsp3) is 0.556. The first-order chi connectivity index (χ1) is 10.2. The summed E-state index contributed by atoms with van der Waals surface area (Å²) in [4.78, 5) is 0. The maximum Gasteiger partial charge on any atom is 0.168 e. The fourth-order valence-electron chi connectivity index (χ4n) is 2.73. The molecule has 0 saturated heterocycles. The van der Waals surface area contributed by atoms with E-state index >= 15 is 0 Å². The molecule has 0 aliphatic heterocycles. The van der Waals surface area contributed by atoms with Gasteiger partial charge in [0.15, 0.2) is 11.6 Å². The van der Waals surface area contributed by atoms with Gasteiger partial charge < -0.3 is 9.47 Å². The number of hydrogen-bond acceptors (Lipinski definition) is 2. The van der Waals surface area contributed by atoms with E-state index in [9.17, 15) is 4.39 Å². The Kier molecular flexibility index (Phi) is 6.09. The number of allylic oxidation sites excluding steroid dienone is 1. The quantitative estimate of drug-likeness (QED) is 0.659. The summed E-state index contributed by atoms with van der Waals surface area (Å²) in [6.07, 6.45) is 9.47. The summed E-state index contributed by atoms with van der Waals surface area (Å²) in [5, 5.41) is 0. The Labute approximate surface area is 127 Å². The van der Waals surface area contributed by atoms with E-state index in [1.54, 1.807) is 12.1 Å². The van der Waals surface area contributed by atoms with Crippen molar-refractivity contribution in [1.82, 2.24) is 0 Å². The van der Waals surface area contributed by atoms with E-state index in [0.29, 0.717) is 24.9 Å². The van der Waals surface area contributed by atoms with E-state index in [0.717, 1.165) is 12.3 Å². The lowest BCUT2D eigenvalue weighted by molar-refractivity contribution is 0.252. The van der Waals surface area contributed by atoms with Gasteiger partial charge in [-0.25, -0.2) is 4.39 Å². The molecule has 0 bridgehead atoms. The predicted molar refractivity (Wildman–Crippen MR) is 83.3 cm³/mol. The molecule has 0 heterocycles. The van der Waals surface area contributed by atoms with Gasteiger partial charge in [-0.15, -0.1) is 0 Å². The van der Waals surface area contributed by atoms with Crippen LogP contribution in [0.1, 0.15) is 39.5 Å². The predicted octanol–water partition coefficient (Wildman–Crippen LogP) is 4.99. The van der Waals surface area contributed by atoms with Crippen molar-refractivity contribution in [3.05, 3.63) is 36.2 Å². The molecule has 0 fully saturated rings. The highest BCUT2D eigenvalue weighted by molar-refractivity contribution is 5.33. The number of rotatable bonds is 7. The van der Waals surface area contributed by atoms with E-state index in [4.69, 9.17) is 9.47 Å². The number of hydrogen-bond donors (Lipinski definition) is 0. The highest BCUT2D eigenvalue weighted by Gasteiger charge is 2.16. The molecule has 2 rings (SSSR count). The van der Waals surface area contributed by atoms with E-state index in [-0.39, 0.29) is 11.6 Å². The van der Waals surface area contributed by atoms with Crippen molar-refractivity contribution in [1.29, 1.82) is 0 Å². The third-order valence-electron chi connectivity index (χ3n) is 3.89. The Hall–Kier alpha value is -1.51. The van der Waals surface area contributed by atoms with Crippen LogP contribution in [-0.2, 0) is 0 Å². The number of benzene rings is 1. The summed E-state index contributed by atoms with van der Waals surface area (Å²) >= 11 is 0. The van der Waals surface area contributed by atoms with Crippen LogP contribution in [0.15, 0.2) is 30.4 Å². The molecule has 2 nitrogen and oxygen atoms in total. The fourth-order valence-corrected chi connectivity index (χ4v) is 2.73. The van der Waals surface area contributed by atoms with Crippen LogP contribution in [0.2, 0.25) is 0 Å². The average molecular weight is 292 g/mol. The van der Waals surface area contributed by atoms with Gasteiger partial charge in [0, 0.05) is 12.0 Å². The highest BCUT2D eigenvalue weighted by Crippen LogP contribution is 2.27. The van der Waals surface area contributed by atoms with Gasteiger partial charge in [-0.05, 0) is 44.2 Å². The van der Waals surface area contributed by atoms with Crippen LogP contribution >= 0.6 is 0 Å². The van der Waals surface area contributed by atoms with E-state index < -0.39 is 0 Å². The Bertz CT molecular complexity index is 470. The third kappa shape index (κ3) is 4.76. The molecule has 0 amide bonds. The maximum atomic E-state index is 13.7. The summed E-state index contributed by atoms with van der Waals surface area (Å²) in [5.74, 6) is 1.66. The molecule has 2 atom stereocenters. The second-order valence-electron chi connectivity index (χ2n) is 5.61. The zero-order valence-corrected chi connectivity index (χ0v) is 13.0. The Morgan fingerprint density at radius 2 is 1.86 bits per heavy atom. The van der Waals surface area contributed by atoms with Gasteiger partial charge in [0.2, 0.25) is 0 Å². The molecule has 1 aromatic rings. The highest BCUT2D eigenvalue weighted by atomic mass is 19.1. The van der Waals surface area contributed by atoms with Gasteiger partial charge in [-0.3, -0.25) is 0 Å². The maximum absolute atomic E-state index is 13.7. The standard InChI is InChI=1S/C18H25FO2/c1-3-5-14-6-8-15(9-7-14)13-21-16-10-11-18(20-4-2)17(19)12-16/h6,8,10-12,14-15H,3-5,7,9,13H2,1-2H3. The van der Waals surface area contributed by atoms with Crippen molar-refractivity contribution in [3.8, 4) is 11.5 Å². The molecule has 21 heavy (non-hydrogen) atoms. The zero-order chi connectivity index (χ0) is 15.1. The van der Waals surface area contributed by atoms with E-state index in [2.05, 4.69) is 19.1 Å². The average Bonchev–Trinajstić information content (AvgIpc) is 2.49. The van der Waals surface area contributed by atoms with Crippen LogP contribution in [-0.4, -0.2) is 13.2 Å². The van der Waals surface area contributed by atoms with Crippen LogP contribution in [0.3, 0.4) is 0 Å². The topological polar surface area (TPSA) is 18.5 Å². The van der Waals surface area contributed by atoms with Crippen molar-refractivity contribution in [2.24, 2.45) is 11.8 Å². The monoisotopic (exact) mass is 292 g/mol. The van der Waals surface area contributed by atoms with Gasteiger partial charge in [0.25, 0.3) is 0 Å². The molecular weight excluding hydrogens is 267 g/mol. The smallest absolute Gasteiger partial charge is 0.168 e. The minimum atomic E-state index is -0.364. The lowest BCUT2D eigenvalue weighted by Crippen LogP contribution is -2.15. The molecule has 0 aromatic heterocycles. The Morgan fingerprint density at radius 1 is 1.10 bits per heavy atom. The molecule has 1 aromatic carbocycles. The molecule has 116 valence electrons. The van der Waals surface area contributed by atoms with Crippen molar-refractivity contribution < 1.29 is 13.9 Å². The van der Waals surface area contributed by atoms with Gasteiger partial charge in [0.05, 0.1) is 13.2 Å². The second kappa shape index (κ2) is 8.06. The molecule has 3 heteroatoms. The van der Waals surface area contributed by atoms with Gasteiger partial charge >= 0.3 is 0 Å². The molecule has 1 aliphatic rings. The van der Waals surface area contributed by atoms with Gasteiger partial charge in [-0.2, -0.15) is 0 Å². The minimum absolute atomic E-state index is 0.282. The normalized spacial score (nSPS) is 21.3. The third-order valence-corrected chi connectivity index (χ3v) is 3.89. The molecule has 0 radical (unpaired) electrons. The van der Waals surface area contributed by atoms with Crippen LogP contribution < -0.4 is 9.47 Å². The lowest BCUT2D eigenvalue weighted by Gasteiger charge is -2.22. The van der Waals surface area contributed by atoms with E-state index in [1.807, 2.05) is 6.92 Å². The lowest BCUT2D eigenvalue weighted by atomic mass is 9.86. The second-order valence-corrected chi connectivity index (χ2v) is 5.61. The van der Waals surface area contributed by atoms with E-state index in [1.165, 1.54) is 25.3 Å². The molecule has 0 saturated carbocycles. The van der Waals surface area contributed by atoms with Crippen molar-refractivity contribution in [3.63, 3.8) is 0 Å². The largest absolute Gasteiger partial charge is 0.493 e. The van der Waals surface area contributed by atoms with Crippen LogP contribution in [0, 0.1) is 17.7 Å². The Morgan fingerprint density at radius 3 is 2.48 bits per heavy atom. The van der Waals surface area contributed by atoms with Gasteiger partial charge in [-0.1, -0.05) is 25.5 Å². The minimum Gasteiger partial charge on any atom is -0.493 e. The van der Waals surface area contributed by atoms with Crippen molar-refractivity contribution >= 4 is 0 Å². The van der Waals surface area contributed by atoms with Crippen LogP contribution in [0.4, 0.5) is 4.39 Å². The SMILES string of the molecule is CCCC1C=CC(COc2ccc(OCC)c(F)c2)CC1. The molecule has 1 aliphatic carbocycles. The van der Waals surface area contributed by atoms with Crippen LogP contribution in [0.5, 0.6) is 11.5 Å². The summed E-state index contributed by atoms with van der Waals surface area (Å²) < 4.78 is 24.6. The van der Waals surface area contributed by atoms with Crippen LogP contribution in [0.25, 0.3) is 0 Å². The number of halogens is 1. The first-order valence-corrected chi connectivity index (χ1v) is 7.96. The summed E-state index contributed by atoms with van der Waals surface area (Å²) in [6, 6.07) is 4.79.